The maximum absolute atomic E-state index is 10.7. The van der Waals surface area contributed by atoms with Gasteiger partial charge in [0.15, 0.2) is 6.10 Å². The van der Waals surface area contributed by atoms with Crippen molar-refractivity contribution < 1.29 is 14.6 Å². The van der Waals surface area contributed by atoms with Crippen LogP contribution in [0.5, 0.6) is 5.75 Å². The van der Waals surface area contributed by atoms with E-state index in [4.69, 9.17) is 9.84 Å². The number of hydrogen-bond donors (Lipinski definition) is 2. The van der Waals surface area contributed by atoms with E-state index >= 15 is 0 Å². The third kappa shape index (κ3) is 3.20. The second-order valence-electron chi connectivity index (χ2n) is 3.53. The normalized spacial score (nSPS) is 12.2. The predicted octanol–water partition coefficient (Wildman–Crippen LogP) is 0.961. The van der Waals surface area contributed by atoms with Gasteiger partial charge in [0, 0.05) is 12.2 Å². The van der Waals surface area contributed by atoms with Crippen LogP contribution in [0.1, 0.15) is 18.3 Å². The number of rotatable bonds is 5. The van der Waals surface area contributed by atoms with Crippen molar-refractivity contribution >= 4 is 5.97 Å². The highest BCUT2D eigenvalue weighted by atomic mass is 16.5. The fourth-order valence-electron chi connectivity index (χ4n) is 1.24. The molecule has 1 atom stereocenters. The van der Waals surface area contributed by atoms with Gasteiger partial charge in [-0.2, -0.15) is 0 Å². The predicted molar refractivity (Wildman–Crippen MR) is 59.5 cm³/mol. The summed E-state index contributed by atoms with van der Waals surface area (Å²) < 4.78 is 5.31. The number of carboxylic acids is 1. The van der Waals surface area contributed by atoms with Crippen molar-refractivity contribution in [2.24, 2.45) is 0 Å². The summed E-state index contributed by atoms with van der Waals surface area (Å²) in [7, 11) is 1.80. The van der Waals surface area contributed by atoms with E-state index in [1.165, 1.54) is 6.92 Å². The maximum atomic E-state index is 10.7. The highest BCUT2D eigenvalue weighted by Crippen LogP contribution is 2.18. The Balaban J connectivity index is 2.89. The largest absolute Gasteiger partial charge is 0.479 e. The molecule has 0 fully saturated rings. The standard InChI is InChI=1S/C11H16N2O3/c1-7-4-5-10(9(13-7)6-12-3)16-8(2)11(14)15/h4-5,8,12H,6H2,1-3H3,(H,14,15). The Hall–Kier alpha value is -1.62. The summed E-state index contributed by atoms with van der Waals surface area (Å²) in [6, 6.07) is 3.54. The summed E-state index contributed by atoms with van der Waals surface area (Å²) in [5.41, 5.74) is 1.59. The number of aryl methyl sites for hydroxylation is 1. The van der Waals surface area contributed by atoms with Crippen LogP contribution in [-0.4, -0.2) is 29.2 Å². The van der Waals surface area contributed by atoms with Gasteiger partial charge in [-0.25, -0.2) is 4.79 Å². The Bertz CT molecular complexity index is 379. The van der Waals surface area contributed by atoms with Crippen molar-refractivity contribution in [2.45, 2.75) is 26.5 Å². The Morgan fingerprint density at radius 3 is 2.88 bits per heavy atom. The average Bonchev–Trinajstić information content (AvgIpc) is 2.22. The highest BCUT2D eigenvalue weighted by molar-refractivity contribution is 5.72. The first kappa shape index (κ1) is 12.4. The molecular weight excluding hydrogens is 208 g/mol. The number of carbonyl (C=O) groups is 1. The smallest absolute Gasteiger partial charge is 0.344 e. The zero-order valence-electron chi connectivity index (χ0n) is 9.65. The Morgan fingerprint density at radius 2 is 2.31 bits per heavy atom. The van der Waals surface area contributed by atoms with E-state index in [1.807, 2.05) is 6.92 Å². The Kier molecular flexibility index (Phi) is 4.25. The molecule has 2 N–H and O–H groups in total. The van der Waals surface area contributed by atoms with E-state index in [-0.39, 0.29) is 0 Å². The molecule has 1 aromatic rings. The van der Waals surface area contributed by atoms with Gasteiger partial charge in [0.25, 0.3) is 0 Å². The van der Waals surface area contributed by atoms with Crippen molar-refractivity contribution in [3.63, 3.8) is 0 Å². The Morgan fingerprint density at radius 1 is 1.62 bits per heavy atom. The first-order valence-corrected chi connectivity index (χ1v) is 5.05. The summed E-state index contributed by atoms with van der Waals surface area (Å²) in [6.45, 7) is 3.91. The highest BCUT2D eigenvalue weighted by Gasteiger charge is 2.15. The number of aromatic nitrogens is 1. The lowest BCUT2D eigenvalue weighted by Gasteiger charge is -2.14. The number of hydrogen-bond acceptors (Lipinski definition) is 4. The zero-order valence-corrected chi connectivity index (χ0v) is 9.65. The van der Waals surface area contributed by atoms with Gasteiger partial charge in [-0.1, -0.05) is 0 Å². The minimum absolute atomic E-state index is 0.509. The molecule has 0 amide bonds. The van der Waals surface area contributed by atoms with Crippen LogP contribution in [0.25, 0.3) is 0 Å². The molecule has 0 aliphatic heterocycles. The molecule has 0 aromatic carbocycles. The van der Waals surface area contributed by atoms with Crippen LogP contribution in [-0.2, 0) is 11.3 Å². The molecule has 0 aliphatic rings. The number of pyridine rings is 1. The third-order valence-corrected chi connectivity index (χ3v) is 2.07. The molecule has 88 valence electrons. The van der Waals surface area contributed by atoms with Crippen LogP contribution in [0.3, 0.4) is 0 Å². The fraction of sp³-hybridized carbons (Fsp3) is 0.455. The van der Waals surface area contributed by atoms with Crippen LogP contribution in [0, 0.1) is 6.92 Å². The number of ether oxygens (including phenoxy) is 1. The zero-order chi connectivity index (χ0) is 12.1. The van der Waals surface area contributed by atoms with Crippen LogP contribution < -0.4 is 10.1 Å². The lowest BCUT2D eigenvalue weighted by atomic mass is 10.2. The number of nitrogens with one attached hydrogen (secondary N) is 1. The lowest BCUT2D eigenvalue weighted by molar-refractivity contribution is -0.144. The van der Waals surface area contributed by atoms with E-state index in [9.17, 15) is 4.79 Å². The Labute approximate surface area is 94.5 Å². The fourth-order valence-corrected chi connectivity index (χ4v) is 1.24. The van der Waals surface area contributed by atoms with Crippen molar-refractivity contribution in [1.29, 1.82) is 0 Å². The SMILES string of the molecule is CNCc1nc(C)ccc1OC(C)C(=O)O. The molecule has 0 aliphatic carbocycles. The summed E-state index contributed by atoms with van der Waals surface area (Å²) in [6.07, 6.45) is -0.875. The molecule has 0 radical (unpaired) electrons. The van der Waals surface area contributed by atoms with Crippen LogP contribution >= 0.6 is 0 Å². The molecule has 5 heteroatoms. The number of nitrogens with zero attached hydrogens (tertiary/aromatic N) is 1. The monoisotopic (exact) mass is 224 g/mol. The van der Waals surface area contributed by atoms with Crippen LogP contribution in [0.2, 0.25) is 0 Å². The maximum Gasteiger partial charge on any atom is 0.344 e. The van der Waals surface area contributed by atoms with E-state index in [0.717, 1.165) is 11.4 Å². The second kappa shape index (κ2) is 5.46. The molecular formula is C11H16N2O3. The minimum atomic E-state index is -0.990. The van der Waals surface area contributed by atoms with E-state index in [1.54, 1.807) is 19.2 Å². The molecule has 1 aromatic heterocycles. The topological polar surface area (TPSA) is 71.5 Å². The van der Waals surface area contributed by atoms with Crippen LogP contribution in [0.4, 0.5) is 0 Å². The van der Waals surface area contributed by atoms with Crippen molar-refractivity contribution in [3.05, 3.63) is 23.5 Å². The summed E-state index contributed by atoms with van der Waals surface area (Å²) in [4.78, 5) is 15.0. The van der Waals surface area contributed by atoms with Gasteiger partial charge >= 0.3 is 5.97 Å². The molecule has 0 saturated heterocycles. The first-order valence-electron chi connectivity index (χ1n) is 5.05. The molecule has 1 rings (SSSR count). The minimum Gasteiger partial charge on any atom is -0.479 e. The van der Waals surface area contributed by atoms with Crippen molar-refractivity contribution in [1.82, 2.24) is 10.3 Å². The summed E-state index contributed by atoms with van der Waals surface area (Å²) in [5.74, 6) is -0.481. The third-order valence-electron chi connectivity index (χ3n) is 2.07. The molecule has 1 heterocycles. The van der Waals surface area contributed by atoms with E-state index in [0.29, 0.717) is 12.3 Å². The van der Waals surface area contributed by atoms with Gasteiger partial charge in [0.1, 0.15) is 5.75 Å². The molecule has 0 bridgehead atoms. The molecule has 16 heavy (non-hydrogen) atoms. The number of carboxylic acid groups (broad SMARTS) is 1. The van der Waals surface area contributed by atoms with Gasteiger partial charge < -0.3 is 15.2 Å². The molecule has 0 saturated carbocycles. The van der Waals surface area contributed by atoms with Gasteiger partial charge in [0.2, 0.25) is 0 Å². The van der Waals surface area contributed by atoms with Crippen molar-refractivity contribution in [3.8, 4) is 5.75 Å². The van der Waals surface area contributed by atoms with Crippen LogP contribution in [0.15, 0.2) is 12.1 Å². The van der Waals surface area contributed by atoms with Gasteiger partial charge in [-0.05, 0) is 33.0 Å². The molecule has 1 unspecified atom stereocenters. The van der Waals surface area contributed by atoms with E-state index < -0.39 is 12.1 Å². The summed E-state index contributed by atoms with van der Waals surface area (Å²) >= 11 is 0. The van der Waals surface area contributed by atoms with Gasteiger partial charge in [-0.15, -0.1) is 0 Å². The van der Waals surface area contributed by atoms with Gasteiger partial charge in [0.05, 0.1) is 5.69 Å². The lowest BCUT2D eigenvalue weighted by Crippen LogP contribution is -2.24. The van der Waals surface area contributed by atoms with Crippen molar-refractivity contribution in [2.75, 3.05) is 7.05 Å². The second-order valence-corrected chi connectivity index (χ2v) is 3.53. The molecule has 5 nitrogen and oxygen atoms in total. The van der Waals surface area contributed by atoms with Gasteiger partial charge in [-0.3, -0.25) is 4.98 Å². The first-order chi connectivity index (χ1) is 7.54. The average molecular weight is 224 g/mol. The van der Waals surface area contributed by atoms with E-state index in [2.05, 4.69) is 10.3 Å². The summed E-state index contributed by atoms with van der Waals surface area (Å²) in [5, 5.41) is 11.7. The quantitative estimate of drug-likeness (QED) is 0.779. The molecule has 0 spiro atoms. The number of aliphatic carboxylic acids is 1.